The first-order chi connectivity index (χ1) is 9.11. The molecule has 1 aromatic carbocycles. The lowest BCUT2D eigenvalue weighted by Gasteiger charge is -2.22. The zero-order chi connectivity index (χ0) is 13.8. The summed E-state index contributed by atoms with van der Waals surface area (Å²) < 4.78 is 13.7. The zero-order valence-electron chi connectivity index (χ0n) is 11.4. The molecule has 1 heterocycles. The number of hydrogen-bond donors (Lipinski definition) is 1. The molecule has 1 aliphatic rings. The van der Waals surface area contributed by atoms with Crippen LogP contribution in [0.1, 0.15) is 24.0 Å². The Morgan fingerprint density at radius 2 is 2.11 bits per heavy atom. The van der Waals surface area contributed by atoms with E-state index in [4.69, 9.17) is 5.73 Å². The number of likely N-dealkylation sites (tertiary alicyclic amines) is 1. The predicted octanol–water partition coefficient (Wildman–Crippen LogP) is 1.87. The molecule has 0 spiro atoms. The highest BCUT2D eigenvalue weighted by Gasteiger charge is 2.26. The fourth-order valence-corrected chi connectivity index (χ4v) is 2.59. The molecule has 1 amide bonds. The van der Waals surface area contributed by atoms with Crippen molar-refractivity contribution < 1.29 is 9.18 Å². The zero-order valence-corrected chi connectivity index (χ0v) is 11.4. The van der Waals surface area contributed by atoms with E-state index in [1.807, 2.05) is 11.8 Å². The van der Waals surface area contributed by atoms with Crippen LogP contribution in [-0.2, 0) is 11.2 Å². The van der Waals surface area contributed by atoms with Crippen molar-refractivity contribution in [2.45, 2.75) is 26.2 Å². The molecule has 1 atom stereocenters. The molecule has 1 aromatic rings. The standard InChI is InChI=1S/C15H21FN2O/c1-11-4-5-14(16)12(8-11)9-13(10-17)15(19)18-6-2-3-7-18/h4-5,8,13H,2-3,6-7,9-10,17H2,1H3. The minimum atomic E-state index is -0.311. The van der Waals surface area contributed by atoms with Crippen molar-refractivity contribution in [2.24, 2.45) is 11.7 Å². The average Bonchev–Trinajstić information content (AvgIpc) is 2.93. The highest BCUT2D eigenvalue weighted by Crippen LogP contribution is 2.18. The number of carbonyl (C=O) groups excluding carboxylic acids is 1. The third kappa shape index (κ3) is 3.32. The van der Waals surface area contributed by atoms with Crippen molar-refractivity contribution in [2.75, 3.05) is 19.6 Å². The Labute approximate surface area is 113 Å². The van der Waals surface area contributed by atoms with Gasteiger partial charge in [0.15, 0.2) is 0 Å². The maximum Gasteiger partial charge on any atom is 0.227 e. The van der Waals surface area contributed by atoms with Gasteiger partial charge in [-0.3, -0.25) is 4.79 Å². The van der Waals surface area contributed by atoms with Gasteiger partial charge in [-0.15, -0.1) is 0 Å². The Kier molecular flexibility index (Phi) is 4.53. The Balaban J connectivity index is 2.09. The van der Waals surface area contributed by atoms with Crippen LogP contribution in [0.4, 0.5) is 4.39 Å². The Hall–Kier alpha value is -1.42. The summed E-state index contributed by atoms with van der Waals surface area (Å²) in [4.78, 5) is 14.2. The SMILES string of the molecule is Cc1ccc(F)c(CC(CN)C(=O)N2CCCC2)c1. The normalized spacial score (nSPS) is 16.7. The highest BCUT2D eigenvalue weighted by atomic mass is 19.1. The summed E-state index contributed by atoms with van der Waals surface area (Å²) in [5.74, 6) is -0.492. The second-order valence-corrected chi connectivity index (χ2v) is 5.26. The summed E-state index contributed by atoms with van der Waals surface area (Å²) in [6.07, 6.45) is 2.50. The molecule has 104 valence electrons. The van der Waals surface area contributed by atoms with Gasteiger partial charge >= 0.3 is 0 Å². The third-order valence-corrected chi connectivity index (χ3v) is 3.72. The molecule has 1 fully saturated rings. The third-order valence-electron chi connectivity index (χ3n) is 3.72. The van der Waals surface area contributed by atoms with Crippen LogP contribution in [0.5, 0.6) is 0 Å². The molecule has 19 heavy (non-hydrogen) atoms. The molecule has 0 aromatic heterocycles. The van der Waals surface area contributed by atoms with Gasteiger partial charge in [0.1, 0.15) is 5.82 Å². The topological polar surface area (TPSA) is 46.3 Å². The summed E-state index contributed by atoms with van der Waals surface area (Å²) in [5.41, 5.74) is 7.29. The lowest BCUT2D eigenvalue weighted by Crippen LogP contribution is -2.38. The van der Waals surface area contributed by atoms with Gasteiger partial charge in [-0.25, -0.2) is 4.39 Å². The summed E-state index contributed by atoms with van der Waals surface area (Å²) in [7, 11) is 0. The van der Waals surface area contributed by atoms with Gasteiger partial charge in [0.2, 0.25) is 5.91 Å². The summed E-state index contributed by atoms with van der Waals surface area (Å²) in [6.45, 7) is 3.81. The maximum atomic E-state index is 13.7. The van der Waals surface area contributed by atoms with Gasteiger partial charge < -0.3 is 10.6 Å². The summed E-state index contributed by atoms with van der Waals surface area (Å²) >= 11 is 0. The first-order valence-corrected chi connectivity index (χ1v) is 6.85. The Bertz CT molecular complexity index is 455. The van der Waals surface area contributed by atoms with E-state index in [1.165, 1.54) is 6.07 Å². The number of hydrogen-bond acceptors (Lipinski definition) is 2. The molecule has 1 unspecified atom stereocenters. The van der Waals surface area contributed by atoms with Crippen molar-refractivity contribution in [1.82, 2.24) is 4.90 Å². The van der Waals surface area contributed by atoms with Crippen molar-refractivity contribution in [1.29, 1.82) is 0 Å². The number of amides is 1. The monoisotopic (exact) mass is 264 g/mol. The molecule has 0 aliphatic carbocycles. The van der Waals surface area contributed by atoms with Crippen molar-refractivity contribution in [3.8, 4) is 0 Å². The van der Waals surface area contributed by atoms with E-state index in [1.54, 1.807) is 12.1 Å². The van der Waals surface area contributed by atoms with Gasteiger partial charge in [0.25, 0.3) is 0 Å². The maximum absolute atomic E-state index is 13.7. The Morgan fingerprint density at radius 3 is 2.74 bits per heavy atom. The predicted molar refractivity (Wildman–Crippen MR) is 73.2 cm³/mol. The second-order valence-electron chi connectivity index (χ2n) is 5.26. The van der Waals surface area contributed by atoms with Gasteiger partial charge in [-0.2, -0.15) is 0 Å². The van der Waals surface area contributed by atoms with Gasteiger partial charge in [-0.05, 0) is 37.8 Å². The quantitative estimate of drug-likeness (QED) is 0.902. The second kappa shape index (κ2) is 6.15. The average molecular weight is 264 g/mol. The number of benzene rings is 1. The van der Waals surface area contributed by atoms with E-state index < -0.39 is 0 Å². The van der Waals surface area contributed by atoms with Crippen molar-refractivity contribution >= 4 is 5.91 Å². The van der Waals surface area contributed by atoms with E-state index >= 15 is 0 Å². The smallest absolute Gasteiger partial charge is 0.227 e. The number of nitrogens with zero attached hydrogens (tertiary/aromatic N) is 1. The first-order valence-electron chi connectivity index (χ1n) is 6.85. The van der Waals surface area contributed by atoms with Gasteiger partial charge in [-0.1, -0.05) is 17.7 Å². The van der Waals surface area contributed by atoms with E-state index in [0.29, 0.717) is 12.0 Å². The van der Waals surface area contributed by atoms with Crippen LogP contribution in [0, 0.1) is 18.7 Å². The fraction of sp³-hybridized carbons (Fsp3) is 0.533. The van der Waals surface area contributed by atoms with Gasteiger partial charge in [0, 0.05) is 19.6 Å². The van der Waals surface area contributed by atoms with E-state index in [9.17, 15) is 9.18 Å². The number of nitrogens with two attached hydrogens (primary N) is 1. The van der Waals surface area contributed by atoms with Crippen LogP contribution in [-0.4, -0.2) is 30.4 Å². The largest absolute Gasteiger partial charge is 0.342 e. The molecule has 0 bridgehead atoms. The summed E-state index contributed by atoms with van der Waals surface area (Å²) in [5, 5.41) is 0. The summed E-state index contributed by atoms with van der Waals surface area (Å²) in [6, 6.07) is 4.99. The van der Waals surface area contributed by atoms with Crippen LogP contribution in [0.3, 0.4) is 0 Å². The number of rotatable bonds is 4. The van der Waals surface area contributed by atoms with Crippen molar-refractivity contribution in [3.63, 3.8) is 0 Å². The van der Waals surface area contributed by atoms with E-state index in [-0.39, 0.29) is 24.2 Å². The molecule has 2 N–H and O–H groups in total. The van der Waals surface area contributed by atoms with E-state index in [2.05, 4.69) is 0 Å². The molecule has 1 aliphatic heterocycles. The molecule has 0 radical (unpaired) electrons. The van der Waals surface area contributed by atoms with Crippen LogP contribution >= 0.6 is 0 Å². The highest BCUT2D eigenvalue weighted by molar-refractivity contribution is 5.79. The molecule has 2 rings (SSSR count). The molecule has 0 saturated carbocycles. The van der Waals surface area contributed by atoms with E-state index in [0.717, 1.165) is 31.5 Å². The number of carbonyl (C=O) groups is 1. The Morgan fingerprint density at radius 1 is 1.42 bits per heavy atom. The molecule has 1 saturated heterocycles. The minimum absolute atomic E-state index is 0.0703. The molecular formula is C15H21FN2O. The lowest BCUT2D eigenvalue weighted by atomic mass is 9.96. The molecular weight excluding hydrogens is 243 g/mol. The van der Waals surface area contributed by atoms with Crippen LogP contribution in [0.2, 0.25) is 0 Å². The van der Waals surface area contributed by atoms with Crippen molar-refractivity contribution in [3.05, 3.63) is 35.1 Å². The van der Waals surface area contributed by atoms with Crippen LogP contribution in [0.15, 0.2) is 18.2 Å². The van der Waals surface area contributed by atoms with Gasteiger partial charge in [0.05, 0.1) is 5.92 Å². The number of aryl methyl sites for hydroxylation is 1. The minimum Gasteiger partial charge on any atom is -0.342 e. The molecule has 3 nitrogen and oxygen atoms in total. The lowest BCUT2D eigenvalue weighted by molar-refractivity contribution is -0.134. The number of halogens is 1. The van der Waals surface area contributed by atoms with Crippen LogP contribution in [0.25, 0.3) is 0 Å². The molecule has 4 heteroatoms. The first kappa shape index (κ1) is 14.0. The van der Waals surface area contributed by atoms with Crippen LogP contribution < -0.4 is 5.73 Å². The fourth-order valence-electron chi connectivity index (χ4n) is 2.59.